The minimum absolute atomic E-state index is 0.163. The van der Waals surface area contributed by atoms with Crippen molar-refractivity contribution in [1.82, 2.24) is 4.90 Å². The van der Waals surface area contributed by atoms with E-state index in [1.165, 1.54) is 13.2 Å². The minimum atomic E-state index is -0.569. The lowest BCUT2D eigenvalue weighted by Gasteiger charge is -2.13. The number of carbonyl (C=O) groups is 4. The largest absolute Gasteiger partial charge is 0.493 e. The van der Waals surface area contributed by atoms with Crippen molar-refractivity contribution in [3.8, 4) is 11.5 Å². The van der Waals surface area contributed by atoms with Crippen LogP contribution in [-0.4, -0.2) is 54.8 Å². The highest BCUT2D eigenvalue weighted by molar-refractivity contribution is 8.18. The van der Waals surface area contributed by atoms with Crippen LogP contribution in [0.2, 0.25) is 0 Å². The Morgan fingerprint density at radius 3 is 2.43 bits per heavy atom. The highest BCUT2D eigenvalue weighted by Crippen LogP contribution is 2.34. The molecule has 1 heterocycles. The molecule has 1 saturated heterocycles. The summed E-state index contributed by atoms with van der Waals surface area (Å²) in [5, 5.41) is 2.19. The quantitative estimate of drug-likeness (QED) is 0.409. The van der Waals surface area contributed by atoms with E-state index in [-0.39, 0.29) is 23.9 Å². The summed E-state index contributed by atoms with van der Waals surface area (Å²) in [4.78, 5) is 50.4. The monoisotopic (exact) mass is 498 g/mol. The van der Waals surface area contributed by atoms with Crippen molar-refractivity contribution < 1.29 is 33.4 Å². The van der Waals surface area contributed by atoms with Crippen LogP contribution in [0.4, 0.5) is 10.5 Å². The summed E-state index contributed by atoms with van der Waals surface area (Å²) in [6.07, 6.45) is 1.52. The fourth-order valence-electron chi connectivity index (χ4n) is 3.41. The Labute approximate surface area is 207 Å². The predicted octanol–water partition coefficient (Wildman–Crippen LogP) is 3.93. The summed E-state index contributed by atoms with van der Waals surface area (Å²) in [5.41, 5.74) is 3.12. The Balaban J connectivity index is 1.71. The highest BCUT2D eigenvalue weighted by Gasteiger charge is 2.36. The molecule has 0 atom stereocenters. The molecule has 1 N–H and O–H groups in total. The van der Waals surface area contributed by atoms with Crippen LogP contribution >= 0.6 is 11.8 Å². The Kier molecular flexibility index (Phi) is 8.53. The fourth-order valence-corrected chi connectivity index (χ4v) is 4.25. The van der Waals surface area contributed by atoms with Crippen LogP contribution in [0.3, 0.4) is 0 Å². The number of nitrogens with one attached hydrogen (secondary N) is 1. The maximum atomic E-state index is 12.8. The first-order valence-electron chi connectivity index (χ1n) is 10.8. The van der Waals surface area contributed by atoms with E-state index in [1.807, 2.05) is 32.0 Å². The molecule has 1 aliphatic rings. The Morgan fingerprint density at radius 2 is 1.77 bits per heavy atom. The van der Waals surface area contributed by atoms with Crippen LogP contribution in [0.1, 0.15) is 23.6 Å². The van der Waals surface area contributed by atoms with Gasteiger partial charge in [-0.15, -0.1) is 0 Å². The van der Waals surface area contributed by atoms with Crippen LogP contribution in [0.15, 0.2) is 41.3 Å². The predicted molar refractivity (Wildman–Crippen MR) is 132 cm³/mol. The van der Waals surface area contributed by atoms with Gasteiger partial charge in [0.05, 0.1) is 18.6 Å². The number of ether oxygens (including phenoxy) is 3. The third-order valence-electron chi connectivity index (χ3n) is 4.82. The van der Waals surface area contributed by atoms with Gasteiger partial charge in [-0.1, -0.05) is 12.1 Å². The molecule has 0 spiro atoms. The Morgan fingerprint density at radius 1 is 1.06 bits per heavy atom. The first-order valence-corrected chi connectivity index (χ1v) is 11.6. The smallest absolute Gasteiger partial charge is 0.344 e. The van der Waals surface area contributed by atoms with Gasteiger partial charge in [0.25, 0.3) is 11.1 Å². The molecular weight excluding hydrogens is 472 g/mol. The molecule has 9 nitrogen and oxygen atoms in total. The van der Waals surface area contributed by atoms with Gasteiger partial charge in [0.1, 0.15) is 6.54 Å². The van der Waals surface area contributed by atoms with Crippen LogP contribution in [0.5, 0.6) is 11.5 Å². The number of methoxy groups -OCH3 is 1. The molecule has 0 unspecified atom stereocenters. The average molecular weight is 499 g/mol. The second-order valence-electron chi connectivity index (χ2n) is 7.70. The zero-order valence-electron chi connectivity index (χ0n) is 19.9. The van der Waals surface area contributed by atoms with E-state index < -0.39 is 29.6 Å². The first-order chi connectivity index (χ1) is 16.7. The zero-order valence-corrected chi connectivity index (χ0v) is 20.7. The Bertz CT molecular complexity index is 1170. The van der Waals surface area contributed by atoms with Gasteiger partial charge in [0, 0.05) is 5.69 Å². The third-order valence-corrected chi connectivity index (χ3v) is 5.72. The van der Waals surface area contributed by atoms with Crippen molar-refractivity contribution in [2.24, 2.45) is 0 Å². The number of rotatable bonds is 9. The minimum Gasteiger partial charge on any atom is -0.493 e. The second-order valence-corrected chi connectivity index (χ2v) is 8.69. The van der Waals surface area contributed by atoms with Crippen LogP contribution in [0.25, 0.3) is 6.08 Å². The van der Waals surface area contributed by atoms with E-state index >= 15 is 0 Å². The van der Waals surface area contributed by atoms with Gasteiger partial charge in [-0.3, -0.25) is 19.3 Å². The fraction of sp³-hybridized carbons (Fsp3) is 0.280. The van der Waals surface area contributed by atoms with Crippen molar-refractivity contribution >= 4 is 46.5 Å². The van der Waals surface area contributed by atoms with Crippen molar-refractivity contribution in [3.05, 3.63) is 58.0 Å². The molecular formula is C25H26N2O7S. The van der Waals surface area contributed by atoms with Gasteiger partial charge in [-0.05, 0) is 79.6 Å². The van der Waals surface area contributed by atoms with Crippen molar-refractivity contribution in [3.63, 3.8) is 0 Å². The van der Waals surface area contributed by atoms with Crippen molar-refractivity contribution in [2.75, 3.05) is 32.2 Å². The number of esters is 1. The molecule has 0 radical (unpaired) electrons. The number of benzene rings is 2. The summed E-state index contributed by atoms with van der Waals surface area (Å²) in [6.45, 7) is 5.05. The third kappa shape index (κ3) is 6.86. The molecule has 1 fully saturated rings. The summed E-state index contributed by atoms with van der Waals surface area (Å²) in [7, 11) is 1.46. The molecule has 3 amide bonds. The lowest BCUT2D eigenvalue weighted by atomic mass is 10.1. The first kappa shape index (κ1) is 25.8. The molecule has 0 saturated carbocycles. The van der Waals surface area contributed by atoms with E-state index in [0.29, 0.717) is 17.0 Å². The Hall–Kier alpha value is -3.79. The number of hydrogen-bond acceptors (Lipinski definition) is 8. The van der Waals surface area contributed by atoms with Gasteiger partial charge < -0.3 is 19.5 Å². The number of thioether (sulfide) groups is 1. The number of nitrogens with zero attached hydrogens (tertiary/aromatic N) is 1. The molecule has 184 valence electrons. The number of amides is 3. The number of aryl methyl sites for hydroxylation is 2. The maximum absolute atomic E-state index is 12.8. The zero-order chi connectivity index (χ0) is 25.5. The molecule has 10 heteroatoms. The normalized spacial score (nSPS) is 14.3. The molecule has 35 heavy (non-hydrogen) atoms. The molecule has 3 rings (SSSR count). The van der Waals surface area contributed by atoms with E-state index in [0.717, 1.165) is 27.8 Å². The highest BCUT2D eigenvalue weighted by atomic mass is 32.2. The van der Waals surface area contributed by atoms with Crippen molar-refractivity contribution in [2.45, 2.75) is 20.8 Å². The number of imide groups is 1. The van der Waals surface area contributed by atoms with Crippen molar-refractivity contribution in [1.29, 1.82) is 0 Å². The van der Waals surface area contributed by atoms with Gasteiger partial charge in [-0.2, -0.15) is 0 Å². The van der Waals surface area contributed by atoms with Gasteiger partial charge in [-0.25, -0.2) is 4.79 Å². The summed E-state index contributed by atoms with van der Waals surface area (Å²) in [5.74, 6) is -0.901. The van der Waals surface area contributed by atoms with Gasteiger partial charge in [0.15, 0.2) is 18.1 Å². The van der Waals surface area contributed by atoms with E-state index in [2.05, 4.69) is 5.32 Å². The molecule has 1 aliphatic heterocycles. The van der Waals surface area contributed by atoms with Gasteiger partial charge in [0.2, 0.25) is 5.91 Å². The standard InChI is InChI=1S/C25H26N2O7S/c1-5-33-23(29)14-34-20-11-17(6-7-19(20)32-4)12-21-24(30)27(25(31)35-21)13-22(28)26-18-9-15(2)8-16(3)10-18/h6-12H,5,13-14H2,1-4H3,(H,26,28)/b21-12-. The van der Waals surface area contributed by atoms with E-state index in [1.54, 1.807) is 25.1 Å². The number of carbonyl (C=O) groups excluding carboxylic acids is 4. The summed E-state index contributed by atoms with van der Waals surface area (Å²) in [6, 6.07) is 10.5. The second kappa shape index (κ2) is 11.6. The lowest BCUT2D eigenvalue weighted by molar-refractivity contribution is -0.145. The molecule has 0 bridgehead atoms. The summed E-state index contributed by atoms with van der Waals surface area (Å²) >= 11 is 0.743. The van der Waals surface area contributed by atoms with E-state index in [4.69, 9.17) is 14.2 Å². The number of hydrogen-bond donors (Lipinski definition) is 1. The SMILES string of the molecule is CCOC(=O)COc1cc(/C=C2\SC(=O)N(CC(=O)Nc3cc(C)cc(C)c3)C2=O)ccc1OC. The lowest BCUT2D eigenvalue weighted by Crippen LogP contribution is -2.36. The molecule has 2 aromatic rings. The van der Waals surface area contributed by atoms with Gasteiger partial charge >= 0.3 is 5.97 Å². The number of anilines is 1. The topological polar surface area (TPSA) is 111 Å². The van der Waals surface area contributed by atoms with Crippen LogP contribution in [-0.2, 0) is 19.1 Å². The van der Waals surface area contributed by atoms with E-state index in [9.17, 15) is 19.2 Å². The maximum Gasteiger partial charge on any atom is 0.344 e. The average Bonchev–Trinajstić information content (AvgIpc) is 3.04. The molecule has 2 aromatic carbocycles. The van der Waals surface area contributed by atoms with Crippen LogP contribution < -0.4 is 14.8 Å². The molecule has 0 aliphatic carbocycles. The van der Waals surface area contributed by atoms with Crippen LogP contribution in [0, 0.1) is 13.8 Å². The molecule has 0 aromatic heterocycles. The summed E-state index contributed by atoms with van der Waals surface area (Å²) < 4.78 is 15.6.